The van der Waals surface area contributed by atoms with Gasteiger partial charge < -0.3 is 15.0 Å². The number of anilines is 2. The minimum Gasteiger partial charge on any atom is -0.379 e. The smallest absolute Gasteiger partial charge is 0.247 e. The van der Waals surface area contributed by atoms with Gasteiger partial charge >= 0.3 is 0 Å². The fraction of sp³-hybridized carbons (Fsp3) is 0.769. The quantitative estimate of drug-likeness (QED) is 0.826. The number of aromatic nitrogens is 3. The molecule has 0 spiro atoms. The van der Waals surface area contributed by atoms with Crippen molar-refractivity contribution >= 4 is 11.8 Å². The van der Waals surface area contributed by atoms with E-state index in [0.717, 1.165) is 64.2 Å². The van der Waals surface area contributed by atoms with Crippen LogP contribution < -0.4 is 10.2 Å². The first-order chi connectivity index (χ1) is 9.92. The van der Waals surface area contributed by atoms with Crippen molar-refractivity contribution in [2.75, 3.05) is 62.7 Å². The molecule has 0 amide bonds. The first-order valence-electron chi connectivity index (χ1n) is 7.40. The van der Waals surface area contributed by atoms with E-state index in [1.165, 1.54) is 12.8 Å². The van der Waals surface area contributed by atoms with Crippen molar-refractivity contribution in [1.29, 1.82) is 0 Å². The van der Waals surface area contributed by atoms with Crippen LogP contribution >= 0.6 is 0 Å². The number of nitrogens with zero attached hydrogens (tertiary/aromatic N) is 5. The highest BCUT2D eigenvalue weighted by molar-refractivity contribution is 5.39. The lowest BCUT2D eigenvalue weighted by Crippen LogP contribution is -2.39. The lowest BCUT2D eigenvalue weighted by Gasteiger charge is -2.26. The van der Waals surface area contributed by atoms with Crippen molar-refractivity contribution in [3.63, 3.8) is 0 Å². The first-order valence-corrected chi connectivity index (χ1v) is 7.40. The zero-order valence-electron chi connectivity index (χ0n) is 11.8. The molecular formula is C13H22N6O. The van der Waals surface area contributed by atoms with Crippen LogP contribution in [-0.4, -0.2) is 72.6 Å². The van der Waals surface area contributed by atoms with Gasteiger partial charge in [-0.05, 0) is 12.8 Å². The second-order valence-corrected chi connectivity index (χ2v) is 5.22. The van der Waals surface area contributed by atoms with E-state index >= 15 is 0 Å². The molecule has 1 aromatic heterocycles. The molecule has 2 aliphatic heterocycles. The van der Waals surface area contributed by atoms with Gasteiger partial charge in [-0.15, -0.1) is 5.10 Å². The van der Waals surface area contributed by atoms with Crippen LogP contribution in [-0.2, 0) is 4.74 Å². The molecule has 2 aliphatic rings. The Morgan fingerprint density at radius 1 is 1.15 bits per heavy atom. The molecule has 0 aliphatic carbocycles. The highest BCUT2D eigenvalue weighted by Gasteiger charge is 2.15. The van der Waals surface area contributed by atoms with Crippen LogP contribution in [0.25, 0.3) is 0 Å². The first kappa shape index (κ1) is 13.5. The fourth-order valence-electron chi connectivity index (χ4n) is 2.60. The summed E-state index contributed by atoms with van der Waals surface area (Å²) in [5.74, 6) is 1.56. The minimum absolute atomic E-state index is 0.749. The molecule has 2 saturated heterocycles. The van der Waals surface area contributed by atoms with Crippen LogP contribution in [0.5, 0.6) is 0 Å². The van der Waals surface area contributed by atoms with E-state index in [-0.39, 0.29) is 0 Å². The third-order valence-electron chi connectivity index (χ3n) is 3.77. The maximum Gasteiger partial charge on any atom is 0.247 e. The van der Waals surface area contributed by atoms with Crippen molar-refractivity contribution in [1.82, 2.24) is 20.1 Å². The molecule has 2 fully saturated rings. The number of morpholine rings is 1. The van der Waals surface area contributed by atoms with Crippen LogP contribution in [0.1, 0.15) is 12.8 Å². The Bertz CT molecular complexity index is 417. The third-order valence-corrected chi connectivity index (χ3v) is 3.77. The Kier molecular flexibility index (Phi) is 4.60. The highest BCUT2D eigenvalue weighted by Crippen LogP contribution is 2.15. The van der Waals surface area contributed by atoms with Gasteiger partial charge in [-0.1, -0.05) is 0 Å². The summed E-state index contributed by atoms with van der Waals surface area (Å²) in [6.45, 7) is 7.68. The molecule has 7 heteroatoms. The zero-order valence-corrected chi connectivity index (χ0v) is 11.8. The van der Waals surface area contributed by atoms with Crippen LogP contribution in [0.4, 0.5) is 11.8 Å². The number of hydrogen-bond acceptors (Lipinski definition) is 7. The van der Waals surface area contributed by atoms with Crippen molar-refractivity contribution < 1.29 is 4.74 Å². The molecule has 0 radical (unpaired) electrons. The molecule has 0 aromatic carbocycles. The van der Waals surface area contributed by atoms with Gasteiger partial charge in [-0.3, -0.25) is 4.90 Å². The van der Waals surface area contributed by atoms with E-state index in [9.17, 15) is 0 Å². The zero-order chi connectivity index (χ0) is 13.6. The van der Waals surface area contributed by atoms with Gasteiger partial charge in [0.1, 0.15) is 0 Å². The average Bonchev–Trinajstić information content (AvgIpc) is 3.03. The standard InChI is InChI=1S/C13H22N6O/c1-2-5-19(4-1)13-16-12(11-15-17-13)14-3-6-18-7-9-20-10-8-18/h11H,1-10H2,(H,14,16,17). The van der Waals surface area contributed by atoms with Gasteiger partial charge in [0.05, 0.1) is 19.4 Å². The summed E-state index contributed by atoms with van der Waals surface area (Å²) in [5, 5.41) is 11.5. The summed E-state index contributed by atoms with van der Waals surface area (Å²) in [6, 6.07) is 0. The second kappa shape index (κ2) is 6.81. The van der Waals surface area contributed by atoms with E-state index in [1.54, 1.807) is 6.20 Å². The summed E-state index contributed by atoms with van der Waals surface area (Å²) < 4.78 is 5.34. The van der Waals surface area contributed by atoms with Crippen molar-refractivity contribution in [3.05, 3.63) is 6.20 Å². The lowest BCUT2D eigenvalue weighted by atomic mass is 10.4. The minimum atomic E-state index is 0.749. The van der Waals surface area contributed by atoms with E-state index in [0.29, 0.717) is 0 Å². The van der Waals surface area contributed by atoms with Gasteiger partial charge in [-0.2, -0.15) is 10.1 Å². The predicted molar refractivity (Wildman–Crippen MR) is 77.0 cm³/mol. The monoisotopic (exact) mass is 278 g/mol. The van der Waals surface area contributed by atoms with Gasteiger partial charge in [-0.25, -0.2) is 0 Å². The van der Waals surface area contributed by atoms with Gasteiger partial charge in [0.15, 0.2) is 5.82 Å². The largest absolute Gasteiger partial charge is 0.379 e. The van der Waals surface area contributed by atoms with Crippen molar-refractivity contribution in [2.45, 2.75) is 12.8 Å². The highest BCUT2D eigenvalue weighted by atomic mass is 16.5. The van der Waals surface area contributed by atoms with Crippen LogP contribution in [0, 0.1) is 0 Å². The molecule has 0 atom stereocenters. The third kappa shape index (κ3) is 3.55. The van der Waals surface area contributed by atoms with E-state index < -0.39 is 0 Å². The lowest BCUT2D eigenvalue weighted by molar-refractivity contribution is 0.0398. The van der Waals surface area contributed by atoms with Gasteiger partial charge in [0.2, 0.25) is 5.95 Å². The molecule has 110 valence electrons. The molecule has 0 saturated carbocycles. The SMILES string of the molecule is c1nnc(N2CCCC2)nc1NCCN1CCOCC1. The van der Waals surface area contributed by atoms with Crippen LogP contribution in [0.2, 0.25) is 0 Å². The normalized spacial score (nSPS) is 20.3. The molecule has 1 N–H and O–H groups in total. The molecule has 0 bridgehead atoms. The Balaban J connectivity index is 1.48. The van der Waals surface area contributed by atoms with Crippen molar-refractivity contribution in [2.24, 2.45) is 0 Å². The number of hydrogen-bond donors (Lipinski definition) is 1. The molecule has 20 heavy (non-hydrogen) atoms. The summed E-state index contributed by atoms with van der Waals surface area (Å²) in [6.07, 6.45) is 4.13. The molecule has 7 nitrogen and oxygen atoms in total. The van der Waals surface area contributed by atoms with E-state index in [4.69, 9.17) is 4.74 Å². The van der Waals surface area contributed by atoms with E-state index in [2.05, 4.69) is 30.3 Å². The second-order valence-electron chi connectivity index (χ2n) is 5.22. The Morgan fingerprint density at radius 2 is 1.95 bits per heavy atom. The maximum atomic E-state index is 5.34. The van der Waals surface area contributed by atoms with E-state index in [1.807, 2.05) is 0 Å². The summed E-state index contributed by atoms with van der Waals surface area (Å²) in [7, 11) is 0. The van der Waals surface area contributed by atoms with Crippen molar-refractivity contribution in [3.8, 4) is 0 Å². The molecule has 1 aromatic rings. The summed E-state index contributed by atoms with van der Waals surface area (Å²) in [5.41, 5.74) is 0. The molecular weight excluding hydrogens is 256 g/mol. The van der Waals surface area contributed by atoms with Crippen LogP contribution in [0.3, 0.4) is 0 Å². The van der Waals surface area contributed by atoms with Crippen LogP contribution in [0.15, 0.2) is 6.20 Å². The molecule has 0 unspecified atom stereocenters. The Hall–Kier alpha value is -1.47. The predicted octanol–water partition coefficient (Wildman–Crippen LogP) is 0.216. The number of rotatable bonds is 5. The Morgan fingerprint density at radius 3 is 2.75 bits per heavy atom. The van der Waals surface area contributed by atoms with Gasteiger partial charge in [0, 0.05) is 39.3 Å². The molecule has 3 rings (SSSR count). The average molecular weight is 278 g/mol. The summed E-state index contributed by atoms with van der Waals surface area (Å²) >= 11 is 0. The molecule has 3 heterocycles. The van der Waals surface area contributed by atoms with Gasteiger partial charge in [0.25, 0.3) is 0 Å². The number of nitrogens with one attached hydrogen (secondary N) is 1. The maximum absolute atomic E-state index is 5.34. The Labute approximate surface area is 119 Å². The summed E-state index contributed by atoms with van der Waals surface area (Å²) in [4.78, 5) is 9.13. The fourth-order valence-corrected chi connectivity index (χ4v) is 2.60. The number of ether oxygens (including phenoxy) is 1. The topological polar surface area (TPSA) is 66.4 Å².